The third-order valence-corrected chi connectivity index (χ3v) is 5.04. The Hall–Kier alpha value is -2.80. The molecule has 2 heterocycles. The van der Waals surface area contributed by atoms with Gasteiger partial charge in [-0.2, -0.15) is 0 Å². The zero-order chi connectivity index (χ0) is 21.1. The highest BCUT2D eigenvalue weighted by molar-refractivity contribution is 6.30. The standard InChI is InChI=1S/C21H22ClNO6/c1-4-27-21(26)18-11(2)19(23-12(18)3)16(24)10-29-20(25)14-7-13-8-15(22)5-6-17(13)28-9-14/h5-6,8,14,23H,4,7,9-10H2,1-3H3/t14-/m1/s1. The van der Waals surface area contributed by atoms with Gasteiger partial charge in [-0.3, -0.25) is 9.59 Å². The van der Waals surface area contributed by atoms with E-state index in [1.54, 1.807) is 39.0 Å². The molecular weight excluding hydrogens is 398 g/mol. The van der Waals surface area contributed by atoms with Crippen LogP contribution in [0.3, 0.4) is 0 Å². The molecule has 1 aliphatic heterocycles. The molecule has 3 rings (SSSR count). The molecule has 0 radical (unpaired) electrons. The summed E-state index contributed by atoms with van der Waals surface area (Å²) in [6.07, 6.45) is 0.427. The molecule has 8 heteroatoms. The summed E-state index contributed by atoms with van der Waals surface area (Å²) in [6.45, 7) is 5.03. The Balaban J connectivity index is 1.63. The number of carbonyl (C=O) groups excluding carboxylic acids is 3. The third-order valence-electron chi connectivity index (χ3n) is 4.80. The Morgan fingerprint density at radius 2 is 2.00 bits per heavy atom. The lowest BCUT2D eigenvalue weighted by molar-refractivity contribution is -0.148. The first kappa shape index (κ1) is 20.9. The Morgan fingerprint density at radius 1 is 1.24 bits per heavy atom. The molecule has 0 spiro atoms. The van der Waals surface area contributed by atoms with Crippen molar-refractivity contribution in [1.82, 2.24) is 4.98 Å². The van der Waals surface area contributed by atoms with Gasteiger partial charge in [0.15, 0.2) is 6.61 Å². The average molecular weight is 420 g/mol. The molecule has 7 nitrogen and oxygen atoms in total. The Morgan fingerprint density at radius 3 is 2.72 bits per heavy atom. The predicted molar refractivity (Wildman–Crippen MR) is 106 cm³/mol. The highest BCUT2D eigenvalue weighted by Gasteiger charge is 2.29. The number of hydrogen-bond acceptors (Lipinski definition) is 6. The number of esters is 2. The van der Waals surface area contributed by atoms with Crippen molar-refractivity contribution in [3.8, 4) is 5.75 Å². The number of aromatic nitrogens is 1. The minimum atomic E-state index is -0.518. The van der Waals surface area contributed by atoms with Crippen LogP contribution in [0.1, 0.15) is 44.6 Å². The van der Waals surface area contributed by atoms with Crippen molar-refractivity contribution in [1.29, 1.82) is 0 Å². The van der Waals surface area contributed by atoms with Gasteiger partial charge < -0.3 is 19.2 Å². The van der Waals surface area contributed by atoms with E-state index in [4.69, 9.17) is 25.8 Å². The second kappa shape index (κ2) is 8.69. The topological polar surface area (TPSA) is 94.7 Å². The van der Waals surface area contributed by atoms with E-state index >= 15 is 0 Å². The molecule has 0 saturated heterocycles. The minimum absolute atomic E-state index is 0.176. The first-order valence-electron chi connectivity index (χ1n) is 9.29. The lowest BCUT2D eigenvalue weighted by atomic mass is 9.97. The zero-order valence-corrected chi connectivity index (χ0v) is 17.2. The fourth-order valence-electron chi connectivity index (χ4n) is 3.38. The van der Waals surface area contributed by atoms with Gasteiger partial charge in [0.1, 0.15) is 12.4 Å². The molecule has 1 aromatic heterocycles. The number of Topliss-reactive ketones (excluding diaryl/α,β-unsaturated/α-hetero) is 1. The largest absolute Gasteiger partial charge is 0.492 e. The average Bonchev–Trinajstić information content (AvgIpc) is 2.99. The monoisotopic (exact) mass is 419 g/mol. The Bertz CT molecular complexity index is 964. The van der Waals surface area contributed by atoms with Crippen LogP contribution in [0.5, 0.6) is 5.75 Å². The molecule has 1 aliphatic rings. The number of benzene rings is 1. The van der Waals surface area contributed by atoms with Gasteiger partial charge in [-0.25, -0.2) is 4.79 Å². The number of rotatable bonds is 6. The van der Waals surface area contributed by atoms with E-state index in [1.807, 2.05) is 0 Å². The number of aryl methyl sites for hydroxylation is 1. The smallest absolute Gasteiger partial charge is 0.340 e. The Labute approximate surface area is 173 Å². The second-order valence-electron chi connectivity index (χ2n) is 6.84. The number of aromatic amines is 1. The van der Waals surface area contributed by atoms with Crippen molar-refractivity contribution in [2.45, 2.75) is 27.2 Å². The maximum atomic E-state index is 12.5. The van der Waals surface area contributed by atoms with Gasteiger partial charge in [0.05, 0.1) is 23.8 Å². The van der Waals surface area contributed by atoms with E-state index in [0.29, 0.717) is 34.0 Å². The molecule has 0 amide bonds. The van der Waals surface area contributed by atoms with Gasteiger partial charge in [0, 0.05) is 10.7 Å². The van der Waals surface area contributed by atoms with Crippen molar-refractivity contribution >= 4 is 29.3 Å². The lowest BCUT2D eigenvalue weighted by Crippen LogP contribution is -2.31. The van der Waals surface area contributed by atoms with Crippen LogP contribution in [0, 0.1) is 19.8 Å². The van der Waals surface area contributed by atoms with Crippen molar-refractivity contribution in [2.75, 3.05) is 19.8 Å². The van der Waals surface area contributed by atoms with E-state index in [2.05, 4.69) is 4.98 Å². The highest BCUT2D eigenvalue weighted by atomic mass is 35.5. The van der Waals surface area contributed by atoms with Gasteiger partial charge in [0.2, 0.25) is 5.78 Å². The van der Waals surface area contributed by atoms with Crippen LogP contribution >= 0.6 is 11.6 Å². The molecule has 0 unspecified atom stereocenters. The van der Waals surface area contributed by atoms with Gasteiger partial charge in [-0.15, -0.1) is 0 Å². The van der Waals surface area contributed by atoms with Crippen LogP contribution in [-0.4, -0.2) is 42.5 Å². The number of H-pyrrole nitrogens is 1. The van der Waals surface area contributed by atoms with Crippen LogP contribution in [0.2, 0.25) is 5.02 Å². The second-order valence-corrected chi connectivity index (χ2v) is 7.28. The van der Waals surface area contributed by atoms with Crippen molar-refractivity contribution in [2.24, 2.45) is 5.92 Å². The summed E-state index contributed by atoms with van der Waals surface area (Å²) in [4.78, 5) is 39.9. The molecule has 1 aromatic carbocycles. The number of ketones is 1. The van der Waals surface area contributed by atoms with Crippen molar-refractivity contribution in [3.05, 3.63) is 51.3 Å². The van der Waals surface area contributed by atoms with Crippen LogP contribution in [-0.2, 0) is 20.7 Å². The zero-order valence-electron chi connectivity index (χ0n) is 16.5. The van der Waals surface area contributed by atoms with Crippen LogP contribution in [0.4, 0.5) is 0 Å². The maximum Gasteiger partial charge on any atom is 0.340 e. The summed E-state index contributed by atoms with van der Waals surface area (Å²) in [6, 6.07) is 5.24. The Kier molecular flexibility index (Phi) is 6.27. The van der Waals surface area contributed by atoms with Gasteiger partial charge >= 0.3 is 11.9 Å². The third kappa shape index (κ3) is 4.45. The quantitative estimate of drug-likeness (QED) is 0.569. The number of hydrogen-bond donors (Lipinski definition) is 1. The highest BCUT2D eigenvalue weighted by Crippen LogP contribution is 2.30. The molecule has 29 heavy (non-hydrogen) atoms. The van der Waals surface area contributed by atoms with Crippen LogP contribution in [0.15, 0.2) is 18.2 Å². The minimum Gasteiger partial charge on any atom is -0.492 e. The molecule has 0 fully saturated rings. The summed E-state index contributed by atoms with van der Waals surface area (Å²) in [7, 11) is 0. The van der Waals surface area contributed by atoms with Gasteiger partial charge in [-0.05, 0) is 56.5 Å². The number of nitrogens with one attached hydrogen (secondary N) is 1. The maximum absolute atomic E-state index is 12.5. The van der Waals surface area contributed by atoms with Crippen molar-refractivity contribution < 1.29 is 28.6 Å². The predicted octanol–water partition coefficient (Wildman–Crippen LogP) is 3.44. The number of halogens is 1. The van der Waals surface area contributed by atoms with Gasteiger partial charge in [0.25, 0.3) is 0 Å². The van der Waals surface area contributed by atoms with Crippen LogP contribution in [0.25, 0.3) is 0 Å². The first-order chi connectivity index (χ1) is 13.8. The summed E-state index contributed by atoms with van der Waals surface area (Å²) in [5.41, 5.74) is 2.40. The van der Waals surface area contributed by atoms with E-state index in [-0.39, 0.29) is 18.9 Å². The fraction of sp³-hybridized carbons (Fsp3) is 0.381. The van der Waals surface area contributed by atoms with Crippen LogP contribution < -0.4 is 4.74 Å². The molecule has 1 atom stereocenters. The van der Waals surface area contributed by atoms with E-state index in [1.165, 1.54) is 0 Å². The molecule has 0 aliphatic carbocycles. The van der Waals surface area contributed by atoms with Crippen molar-refractivity contribution in [3.63, 3.8) is 0 Å². The van der Waals surface area contributed by atoms with E-state index < -0.39 is 30.2 Å². The summed E-state index contributed by atoms with van der Waals surface area (Å²) >= 11 is 5.99. The molecular formula is C21H22ClNO6. The molecule has 0 bridgehead atoms. The lowest BCUT2D eigenvalue weighted by Gasteiger charge is -2.24. The fourth-order valence-corrected chi connectivity index (χ4v) is 3.57. The molecule has 1 N–H and O–H groups in total. The molecule has 2 aromatic rings. The van der Waals surface area contributed by atoms with Gasteiger partial charge in [-0.1, -0.05) is 11.6 Å². The number of fused-ring (bicyclic) bond motifs is 1. The molecule has 154 valence electrons. The summed E-state index contributed by atoms with van der Waals surface area (Å²) in [5, 5.41) is 0.562. The summed E-state index contributed by atoms with van der Waals surface area (Å²) < 4.78 is 15.8. The normalized spacial score (nSPS) is 15.2. The molecule has 0 saturated carbocycles. The number of carbonyl (C=O) groups is 3. The summed E-state index contributed by atoms with van der Waals surface area (Å²) in [5.74, 6) is -1.26. The van der Waals surface area contributed by atoms with E-state index in [0.717, 1.165) is 5.56 Å². The number of ether oxygens (including phenoxy) is 3. The SMILES string of the molecule is CCOC(=O)c1c(C)[nH]c(C(=O)COC(=O)[C@H]2COc3ccc(Cl)cc3C2)c1C. The first-order valence-corrected chi connectivity index (χ1v) is 9.67. The van der Waals surface area contributed by atoms with E-state index in [9.17, 15) is 14.4 Å².